The summed E-state index contributed by atoms with van der Waals surface area (Å²) in [6, 6.07) is 8.20. The van der Waals surface area contributed by atoms with Crippen LogP contribution < -0.4 is 15.4 Å². The summed E-state index contributed by atoms with van der Waals surface area (Å²) in [6.45, 7) is 10.5. The zero-order valence-corrected chi connectivity index (χ0v) is 17.2. The number of hydrogen-bond acceptors (Lipinski definition) is 3. The summed E-state index contributed by atoms with van der Waals surface area (Å²) in [5.41, 5.74) is 1.26. The van der Waals surface area contributed by atoms with Gasteiger partial charge < -0.3 is 9.88 Å². The quantitative estimate of drug-likeness (QED) is 0.555. The van der Waals surface area contributed by atoms with Crippen LogP contribution in [0.3, 0.4) is 0 Å². The summed E-state index contributed by atoms with van der Waals surface area (Å²) in [5, 5.41) is -0.446. The smallest absolute Gasteiger partial charge is 0.264 e. The minimum Gasteiger partial charge on any atom is -0.324 e. The first-order valence-corrected chi connectivity index (χ1v) is 9.55. The number of pyridine rings is 1. The van der Waals surface area contributed by atoms with Crippen molar-refractivity contribution in [1.29, 1.82) is 0 Å². The molecule has 9 heteroatoms. The molecule has 2 aromatic carbocycles. The predicted molar refractivity (Wildman–Crippen MR) is 114 cm³/mol. The van der Waals surface area contributed by atoms with Gasteiger partial charge in [0.1, 0.15) is 18.3 Å². The van der Waals surface area contributed by atoms with Crippen LogP contribution in [0.1, 0.15) is 21.6 Å². The minimum absolute atomic E-state index is 0.0519. The Morgan fingerprint density at radius 3 is 2.39 bits per heavy atom. The van der Waals surface area contributed by atoms with Crippen LogP contribution in [0.25, 0.3) is 4.85 Å². The van der Waals surface area contributed by atoms with E-state index in [4.69, 9.17) is 18.2 Å². The molecule has 1 aliphatic rings. The number of amides is 1. The molecule has 31 heavy (non-hydrogen) atoms. The lowest BCUT2D eigenvalue weighted by atomic mass is 10.0. The summed E-state index contributed by atoms with van der Waals surface area (Å²) in [7, 11) is 0. The molecular formula is C22H15ClF2N4O2. The maximum atomic E-state index is 15.2. The van der Waals surface area contributed by atoms with Crippen molar-refractivity contribution >= 4 is 40.3 Å². The minimum atomic E-state index is -1.01. The van der Waals surface area contributed by atoms with Gasteiger partial charge in [0.15, 0.2) is 0 Å². The van der Waals surface area contributed by atoms with Gasteiger partial charge in [-0.2, -0.15) is 0 Å². The third-order valence-corrected chi connectivity index (χ3v) is 5.51. The van der Waals surface area contributed by atoms with E-state index in [1.165, 1.54) is 41.3 Å². The second-order valence-electron chi connectivity index (χ2n) is 7.10. The van der Waals surface area contributed by atoms with E-state index in [1.807, 2.05) is 0 Å². The number of benzene rings is 2. The predicted octanol–water partition coefficient (Wildman–Crippen LogP) is 5.23. The molecule has 6 nitrogen and oxygen atoms in total. The monoisotopic (exact) mass is 440 g/mol. The number of H-pyrrole nitrogens is 1. The number of carbonyl (C=O) groups is 1. The lowest BCUT2D eigenvalue weighted by molar-refractivity contribution is 0.0979. The Morgan fingerprint density at radius 1 is 1.03 bits per heavy atom. The van der Waals surface area contributed by atoms with Crippen molar-refractivity contribution in [3.63, 3.8) is 0 Å². The molecule has 3 aromatic rings. The fourth-order valence-corrected chi connectivity index (χ4v) is 3.88. The molecule has 1 aromatic heterocycles. The molecule has 4 rings (SSSR count). The number of aromatic nitrogens is 1. The molecule has 1 aliphatic heterocycles. The van der Waals surface area contributed by atoms with Gasteiger partial charge in [-0.1, -0.05) is 11.6 Å². The normalized spacial score (nSPS) is 13.2. The van der Waals surface area contributed by atoms with E-state index >= 15 is 4.39 Å². The number of aryl methyl sites for hydroxylation is 2. The van der Waals surface area contributed by atoms with Crippen molar-refractivity contribution in [3.8, 4) is 0 Å². The third-order valence-electron chi connectivity index (χ3n) is 5.15. The highest BCUT2D eigenvalue weighted by Gasteiger charge is 2.36. The van der Waals surface area contributed by atoms with E-state index in [1.54, 1.807) is 18.7 Å². The summed E-state index contributed by atoms with van der Waals surface area (Å²) >= 11 is 6.01. The summed E-state index contributed by atoms with van der Waals surface area (Å²) in [4.78, 5) is 33.7. The van der Waals surface area contributed by atoms with E-state index in [2.05, 4.69) is 9.83 Å². The van der Waals surface area contributed by atoms with Gasteiger partial charge >= 0.3 is 0 Å². The second-order valence-corrected chi connectivity index (χ2v) is 7.47. The lowest BCUT2D eigenvalue weighted by Gasteiger charge is -2.39. The topological polar surface area (TPSA) is 60.8 Å². The molecule has 1 amide bonds. The van der Waals surface area contributed by atoms with Gasteiger partial charge in [0.2, 0.25) is 11.2 Å². The van der Waals surface area contributed by atoms with Crippen LogP contribution in [0.5, 0.6) is 0 Å². The summed E-state index contributed by atoms with van der Waals surface area (Å²) < 4.78 is 28.9. The number of aromatic amines is 1. The Balaban J connectivity index is 2.00. The number of fused-ring (bicyclic) bond motifs is 1. The zero-order valence-electron chi connectivity index (χ0n) is 16.5. The third kappa shape index (κ3) is 3.33. The maximum absolute atomic E-state index is 15.2. The van der Waals surface area contributed by atoms with Crippen LogP contribution in [0, 0.1) is 32.1 Å². The van der Waals surface area contributed by atoms with Crippen molar-refractivity contribution in [2.45, 2.75) is 13.8 Å². The van der Waals surface area contributed by atoms with Gasteiger partial charge in [-0.15, -0.1) is 0 Å². The standard InChI is InChI=1S/C22H15ClF2N4O2/c1-11-8-13(24)4-5-15(11)28-10-29(16-6-7-18(30)27-12(16)2)22(31)19-17(28)9-14(26-3)20(23)21(19)25/h4-9H,10H2,1-2H3,(H,27,30). The highest BCUT2D eigenvalue weighted by Crippen LogP contribution is 2.43. The van der Waals surface area contributed by atoms with Crippen LogP contribution in [0.15, 0.2) is 41.2 Å². The molecule has 0 aliphatic carbocycles. The molecule has 0 bridgehead atoms. The first kappa shape index (κ1) is 20.6. The highest BCUT2D eigenvalue weighted by atomic mass is 35.5. The molecule has 0 atom stereocenters. The molecule has 156 valence electrons. The average Bonchev–Trinajstić information content (AvgIpc) is 2.71. The van der Waals surface area contributed by atoms with Gasteiger partial charge in [-0.3, -0.25) is 14.5 Å². The Morgan fingerprint density at radius 2 is 1.74 bits per heavy atom. The van der Waals surface area contributed by atoms with Gasteiger partial charge in [0.05, 0.1) is 22.8 Å². The van der Waals surface area contributed by atoms with Crippen molar-refractivity contribution in [3.05, 3.63) is 91.6 Å². The molecule has 1 N–H and O–H groups in total. The molecule has 0 saturated heterocycles. The van der Waals surface area contributed by atoms with Crippen LogP contribution in [0.4, 0.5) is 31.5 Å². The lowest BCUT2D eigenvalue weighted by Crippen LogP contribution is -2.46. The molecule has 0 unspecified atom stereocenters. The van der Waals surface area contributed by atoms with Crippen LogP contribution in [-0.4, -0.2) is 17.6 Å². The largest absolute Gasteiger partial charge is 0.324 e. The van der Waals surface area contributed by atoms with Crippen molar-refractivity contribution < 1.29 is 13.6 Å². The van der Waals surface area contributed by atoms with E-state index < -0.39 is 22.6 Å². The summed E-state index contributed by atoms with van der Waals surface area (Å²) in [6.07, 6.45) is 0. The number of hydrogen-bond donors (Lipinski definition) is 1. The van der Waals surface area contributed by atoms with Crippen molar-refractivity contribution in [1.82, 2.24) is 4.98 Å². The molecule has 0 radical (unpaired) electrons. The van der Waals surface area contributed by atoms with Gasteiger partial charge in [-0.25, -0.2) is 13.6 Å². The average molecular weight is 441 g/mol. The molecule has 0 spiro atoms. The van der Waals surface area contributed by atoms with E-state index in [0.29, 0.717) is 22.6 Å². The second kappa shape index (κ2) is 7.52. The number of nitrogens with zero attached hydrogens (tertiary/aromatic N) is 3. The molecule has 0 saturated carbocycles. The number of nitrogens with one attached hydrogen (secondary N) is 1. The first-order chi connectivity index (χ1) is 14.7. The Bertz CT molecular complexity index is 1350. The van der Waals surface area contributed by atoms with Gasteiger partial charge in [0, 0.05) is 23.1 Å². The fourth-order valence-electron chi connectivity index (χ4n) is 3.69. The fraction of sp³-hybridized carbons (Fsp3) is 0.136. The number of halogens is 3. The number of carbonyl (C=O) groups excluding carboxylic acids is 1. The van der Waals surface area contributed by atoms with Crippen molar-refractivity contribution in [2.75, 3.05) is 16.5 Å². The zero-order chi connectivity index (χ0) is 22.4. The number of anilines is 3. The Labute approximate surface area is 181 Å². The highest BCUT2D eigenvalue weighted by molar-refractivity contribution is 6.34. The van der Waals surface area contributed by atoms with Crippen LogP contribution >= 0.6 is 11.6 Å². The van der Waals surface area contributed by atoms with Crippen molar-refractivity contribution in [2.24, 2.45) is 0 Å². The molecular weight excluding hydrogens is 426 g/mol. The van der Waals surface area contributed by atoms with Crippen LogP contribution in [-0.2, 0) is 0 Å². The molecule has 2 heterocycles. The van der Waals surface area contributed by atoms with Crippen LogP contribution in [0.2, 0.25) is 5.02 Å². The van der Waals surface area contributed by atoms with E-state index in [9.17, 15) is 14.0 Å². The molecule has 0 fully saturated rings. The number of rotatable bonds is 2. The van der Waals surface area contributed by atoms with E-state index in [0.717, 1.165) is 0 Å². The van der Waals surface area contributed by atoms with E-state index in [-0.39, 0.29) is 29.2 Å². The van der Waals surface area contributed by atoms with Gasteiger partial charge in [-0.05, 0) is 49.7 Å². The maximum Gasteiger partial charge on any atom is 0.264 e. The SMILES string of the molecule is [C-]#[N+]c1cc2c(c(F)c1Cl)C(=O)N(c1ccc(=O)[nH]c1C)CN2c1ccc(F)cc1C. The first-order valence-electron chi connectivity index (χ1n) is 9.18. The Hall–Kier alpha value is -3.70. The Kier molecular flexibility index (Phi) is 4.99. The van der Waals surface area contributed by atoms with Gasteiger partial charge in [0.25, 0.3) is 5.91 Å². The summed E-state index contributed by atoms with van der Waals surface area (Å²) in [5.74, 6) is -2.11.